The van der Waals surface area contributed by atoms with Gasteiger partial charge in [-0.1, -0.05) is 6.92 Å². The van der Waals surface area contributed by atoms with Gasteiger partial charge in [0.15, 0.2) is 6.29 Å². The summed E-state index contributed by atoms with van der Waals surface area (Å²) in [6.45, 7) is 8.77. The monoisotopic (exact) mass is 273 g/mol. The molecule has 1 saturated heterocycles. The number of carbonyl (C=O) groups excluding carboxylic acids is 1. The molecule has 1 rings (SSSR count). The van der Waals surface area contributed by atoms with Crippen molar-refractivity contribution in [3.8, 4) is 0 Å². The molecule has 0 aromatic carbocycles. The zero-order valence-electron chi connectivity index (χ0n) is 12.5. The van der Waals surface area contributed by atoms with Crippen molar-refractivity contribution in [2.24, 2.45) is 0 Å². The van der Waals surface area contributed by atoms with Gasteiger partial charge in [0.05, 0.1) is 12.6 Å². The Hall–Kier alpha value is -0.810. The zero-order valence-corrected chi connectivity index (χ0v) is 12.5. The first-order valence-corrected chi connectivity index (χ1v) is 7.13. The summed E-state index contributed by atoms with van der Waals surface area (Å²) < 4.78 is 16.4. The SMILES string of the molecule is CC[C@H](COC1CCCCO1)NC(=O)OC(C)(C)C. The highest BCUT2D eigenvalue weighted by Gasteiger charge is 2.20. The largest absolute Gasteiger partial charge is 0.444 e. The van der Waals surface area contributed by atoms with E-state index in [-0.39, 0.29) is 12.3 Å². The van der Waals surface area contributed by atoms with Crippen LogP contribution in [0.2, 0.25) is 0 Å². The Balaban J connectivity index is 2.26. The van der Waals surface area contributed by atoms with Crippen molar-refractivity contribution in [3.63, 3.8) is 0 Å². The molecule has 0 saturated carbocycles. The van der Waals surface area contributed by atoms with E-state index in [1.165, 1.54) is 0 Å². The molecule has 1 unspecified atom stereocenters. The summed E-state index contributed by atoms with van der Waals surface area (Å²) in [5.74, 6) is 0. The highest BCUT2D eigenvalue weighted by atomic mass is 16.7. The molecule has 1 aliphatic heterocycles. The second-order valence-electron chi connectivity index (χ2n) is 5.88. The van der Waals surface area contributed by atoms with Gasteiger partial charge in [-0.15, -0.1) is 0 Å². The quantitative estimate of drug-likeness (QED) is 0.837. The summed E-state index contributed by atoms with van der Waals surface area (Å²) in [4.78, 5) is 11.7. The Morgan fingerprint density at radius 2 is 2.16 bits per heavy atom. The van der Waals surface area contributed by atoms with Gasteiger partial charge in [-0.25, -0.2) is 4.79 Å². The zero-order chi connectivity index (χ0) is 14.3. The molecular formula is C14H27NO4. The molecule has 1 N–H and O–H groups in total. The number of amides is 1. The van der Waals surface area contributed by atoms with Gasteiger partial charge in [0.2, 0.25) is 0 Å². The molecule has 5 heteroatoms. The number of carbonyl (C=O) groups is 1. The molecular weight excluding hydrogens is 246 g/mol. The average molecular weight is 273 g/mol. The maximum atomic E-state index is 11.7. The van der Waals surface area contributed by atoms with Gasteiger partial charge in [0.1, 0.15) is 5.60 Å². The molecule has 1 aliphatic rings. The Morgan fingerprint density at radius 3 is 2.68 bits per heavy atom. The molecule has 112 valence electrons. The fourth-order valence-corrected chi connectivity index (χ4v) is 1.80. The average Bonchev–Trinajstić information content (AvgIpc) is 2.33. The van der Waals surface area contributed by atoms with Gasteiger partial charge in [-0.3, -0.25) is 0 Å². The summed E-state index contributed by atoms with van der Waals surface area (Å²) >= 11 is 0. The summed E-state index contributed by atoms with van der Waals surface area (Å²) in [7, 11) is 0. The van der Waals surface area contributed by atoms with Gasteiger partial charge >= 0.3 is 6.09 Å². The Bertz CT molecular complexity index is 269. The van der Waals surface area contributed by atoms with Crippen molar-refractivity contribution in [1.29, 1.82) is 0 Å². The fourth-order valence-electron chi connectivity index (χ4n) is 1.80. The van der Waals surface area contributed by atoms with Crippen molar-refractivity contribution >= 4 is 6.09 Å². The number of hydrogen-bond donors (Lipinski definition) is 1. The van der Waals surface area contributed by atoms with E-state index < -0.39 is 11.7 Å². The maximum Gasteiger partial charge on any atom is 0.407 e. The topological polar surface area (TPSA) is 56.8 Å². The first-order valence-electron chi connectivity index (χ1n) is 7.13. The molecule has 0 radical (unpaired) electrons. The van der Waals surface area contributed by atoms with Gasteiger partial charge in [0, 0.05) is 6.61 Å². The number of nitrogens with one attached hydrogen (secondary N) is 1. The van der Waals surface area contributed by atoms with Crippen molar-refractivity contribution in [3.05, 3.63) is 0 Å². The number of hydrogen-bond acceptors (Lipinski definition) is 4. The third kappa shape index (κ3) is 7.38. The highest BCUT2D eigenvalue weighted by Crippen LogP contribution is 2.14. The Labute approximate surface area is 116 Å². The van der Waals surface area contributed by atoms with Crippen LogP contribution in [-0.4, -0.2) is 37.2 Å². The maximum absolute atomic E-state index is 11.7. The van der Waals surface area contributed by atoms with Crippen LogP contribution in [0.1, 0.15) is 53.4 Å². The standard InChI is InChI=1S/C14H27NO4/c1-5-11(15-13(16)19-14(2,3)4)10-18-12-8-6-7-9-17-12/h11-12H,5-10H2,1-4H3,(H,15,16)/t11-,12?/m1/s1. The lowest BCUT2D eigenvalue weighted by molar-refractivity contribution is -0.165. The number of ether oxygens (including phenoxy) is 3. The van der Waals surface area contributed by atoms with Crippen molar-refractivity contribution in [2.75, 3.05) is 13.2 Å². The van der Waals surface area contributed by atoms with Gasteiger partial charge in [0.25, 0.3) is 0 Å². The van der Waals surface area contributed by atoms with Crippen LogP contribution < -0.4 is 5.32 Å². The third-order valence-electron chi connectivity index (χ3n) is 2.83. The van der Waals surface area contributed by atoms with Crippen LogP contribution in [0.15, 0.2) is 0 Å². The predicted molar refractivity (Wildman–Crippen MR) is 73.0 cm³/mol. The predicted octanol–water partition coefficient (Wildman–Crippen LogP) is 2.83. The molecule has 1 amide bonds. The Morgan fingerprint density at radius 1 is 1.42 bits per heavy atom. The van der Waals surface area contributed by atoms with E-state index in [1.54, 1.807) is 0 Å². The van der Waals surface area contributed by atoms with E-state index in [4.69, 9.17) is 14.2 Å². The lowest BCUT2D eigenvalue weighted by Crippen LogP contribution is -2.42. The van der Waals surface area contributed by atoms with Crippen LogP contribution in [0.5, 0.6) is 0 Å². The van der Waals surface area contributed by atoms with E-state index >= 15 is 0 Å². The molecule has 19 heavy (non-hydrogen) atoms. The van der Waals surface area contributed by atoms with Crippen molar-refractivity contribution in [2.45, 2.75) is 71.3 Å². The van der Waals surface area contributed by atoms with Crippen LogP contribution in [0.25, 0.3) is 0 Å². The van der Waals surface area contributed by atoms with E-state index in [0.717, 1.165) is 32.3 Å². The first kappa shape index (κ1) is 16.2. The molecule has 0 bridgehead atoms. The van der Waals surface area contributed by atoms with Gasteiger partial charge < -0.3 is 19.5 Å². The molecule has 5 nitrogen and oxygen atoms in total. The van der Waals surface area contributed by atoms with E-state index in [9.17, 15) is 4.79 Å². The van der Waals surface area contributed by atoms with E-state index in [1.807, 2.05) is 27.7 Å². The first-order chi connectivity index (χ1) is 8.90. The van der Waals surface area contributed by atoms with Crippen molar-refractivity contribution < 1.29 is 19.0 Å². The number of alkyl carbamates (subject to hydrolysis) is 1. The minimum atomic E-state index is -0.476. The lowest BCUT2D eigenvalue weighted by Gasteiger charge is -2.26. The van der Waals surface area contributed by atoms with Gasteiger partial charge in [-0.2, -0.15) is 0 Å². The smallest absolute Gasteiger partial charge is 0.407 e. The second kappa shape index (κ2) is 7.70. The van der Waals surface area contributed by atoms with Crippen molar-refractivity contribution in [1.82, 2.24) is 5.32 Å². The fraction of sp³-hybridized carbons (Fsp3) is 0.929. The minimum absolute atomic E-state index is 0.0413. The molecule has 0 spiro atoms. The molecule has 0 aromatic rings. The van der Waals surface area contributed by atoms with E-state index in [0.29, 0.717) is 6.61 Å². The third-order valence-corrected chi connectivity index (χ3v) is 2.83. The summed E-state index contributed by atoms with van der Waals surface area (Å²) in [5.41, 5.74) is -0.476. The minimum Gasteiger partial charge on any atom is -0.444 e. The van der Waals surface area contributed by atoms with Crippen LogP contribution in [0.4, 0.5) is 4.79 Å². The van der Waals surface area contributed by atoms with Gasteiger partial charge in [-0.05, 0) is 46.5 Å². The van der Waals surface area contributed by atoms with Crippen LogP contribution in [0, 0.1) is 0 Å². The molecule has 1 fully saturated rings. The normalized spacial score (nSPS) is 21.8. The highest BCUT2D eigenvalue weighted by molar-refractivity contribution is 5.68. The molecule has 2 atom stereocenters. The summed E-state index contributed by atoms with van der Waals surface area (Å²) in [6, 6.07) is -0.0413. The summed E-state index contributed by atoms with van der Waals surface area (Å²) in [6.07, 6.45) is 3.46. The van der Waals surface area contributed by atoms with E-state index in [2.05, 4.69) is 5.32 Å². The number of rotatable bonds is 5. The molecule has 0 aromatic heterocycles. The second-order valence-corrected chi connectivity index (χ2v) is 5.88. The lowest BCUT2D eigenvalue weighted by atomic mass is 10.2. The van der Waals surface area contributed by atoms with Crippen LogP contribution in [-0.2, 0) is 14.2 Å². The Kier molecular flexibility index (Phi) is 6.58. The molecule has 0 aliphatic carbocycles. The van der Waals surface area contributed by atoms with Crippen LogP contribution in [0.3, 0.4) is 0 Å². The molecule has 1 heterocycles. The van der Waals surface area contributed by atoms with Crippen LogP contribution >= 0.6 is 0 Å². The summed E-state index contributed by atoms with van der Waals surface area (Å²) in [5, 5.41) is 2.82.